The fourth-order valence-corrected chi connectivity index (χ4v) is 4.13. The summed E-state index contributed by atoms with van der Waals surface area (Å²) >= 11 is 6.28. The summed E-state index contributed by atoms with van der Waals surface area (Å²) in [6.07, 6.45) is 0. The minimum Gasteiger partial charge on any atom is -0.493 e. The number of benzene rings is 1. The molecule has 4 rings (SSSR count). The number of carbonyl (C=O) groups is 1. The quantitative estimate of drug-likeness (QED) is 0.888. The van der Waals surface area contributed by atoms with Crippen molar-refractivity contribution in [2.45, 2.75) is 12.8 Å². The topological polar surface area (TPSA) is 67.6 Å². The molecular weight excluding hydrogens is 342 g/mol. The van der Waals surface area contributed by atoms with Crippen molar-refractivity contribution in [3.8, 4) is 5.75 Å². The van der Waals surface area contributed by atoms with E-state index in [4.69, 9.17) is 16.3 Å². The Balaban J connectivity index is 1.69. The molecule has 1 N–H and O–H groups in total. The van der Waals surface area contributed by atoms with E-state index in [9.17, 15) is 9.90 Å². The third-order valence-corrected chi connectivity index (χ3v) is 5.98. The molecule has 0 saturated carbocycles. The second kappa shape index (κ2) is 5.75. The number of rotatable bonds is 2. The van der Waals surface area contributed by atoms with Crippen molar-refractivity contribution in [3.63, 3.8) is 0 Å². The molecule has 25 heavy (non-hydrogen) atoms. The number of carbonyl (C=O) groups excluding carboxylic acids is 1. The Morgan fingerprint density at radius 3 is 2.92 bits per heavy atom. The van der Waals surface area contributed by atoms with Crippen LogP contribution in [0.3, 0.4) is 0 Å². The van der Waals surface area contributed by atoms with E-state index in [1.54, 1.807) is 16.6 Å². The number of aryl methyl sites for hydroxylation is 1. The highest BCUT2D eigenvalue weighted by Crippen LogP contribution is 2.49. The third kappa shape index (κ3) is 2.35. The Labute approximate surface area is 151 Å². The molecule has 0 aliphatic carbocycles. The summed E-state index contributed by atoms with van der Waals surface area (Å²) < 4.78 is 7.48. The molecule has 7 heteroatoms. The second-order valence-electron chi connectivity index (χ2n) is 6.96. The van der Waals surface area contributed by atoms with Crippen LogP contribution in [0.25, 0.3) is 0 Å². The van der Waals surface area contributed by atoms with Crippen molar-refractivity contribution in [1.82, 2.24) is 14.7 Å². The zero-order valence-corrected chi connectivity index (χ0v) is 15.0. The molecule has 1 fully saturated rings. The average molecular weight is 362 g/mol. The number of para-hydroxylation sites is 1. The summed E-state index contributed by atoms with van der Waals surface area (Å²) in [4.78, 5) is 14.7. The summed E-state index contributed by atoms with van der Waals surface area (Å²) in [6, 6.07) is 7.83. The molecule has 0 radical (unpaired) electrons. The number of aliphatic hydroxyl groups is 1. The van der Waals surface area contributed by atoms with Crippen LogP contribution >= 0.6 is 11.6 Å². The van der Waals surface area contributed by atoms with Crippen LogP contribution in [0.5, 0.6) is 5.75 Å². The van der Waals surface area contributed by atoms with E-state index in [2.05, 4.69) is 5.10 Å². The first kappa shape index (κ1) is 16.4. The first-order valence-electron chi connectivity index (χ1n) is 8.28. The van der Waals surface area contributed by atoms with Gasteiger partial charge in [0.05, 0.1) is 29.3 Å². The van der Waals surface area contributed by atoms with E-state index in [0.717, 1.165) is 17.0 Å². The molecular formula is C18H20ClN3O3. The first-order valence-corrected chi connectivity index (χ1v) is 8.65. The van der Waals surface area contributed by atoms with Gasteiger partial charge in [-0.3, -0.25) is 9.48 Å². The Hall–Kier alpha value is -2.05. The number of hydrogen-bond donors (Lipinski definition) is 1. The first-order chi connectivity index (χ1) is 12.0. The molecule has 1 amide bonds. The minimum absolute atomic E-state index is 0.0369. The molecule has 1 aromatic heterocycles. The highest BCUT2D eigenvalue weighted by molar-refractivity contribution is 6.34. The zero-order chi connectivity index (χ0) is 17.8. The predicted molar refractivity (Wildman–Crippen MR) is 93.1 cm³/mol. The molecule has 3 heterocycles. The fraction of sp³-hybridized carbons (Fsp3) is 0.444. The Bertz CT molecular complexity index is 850. The zero-order valence-electron chi connectivity index (χ0n) is 14.2. The predicted octanol–water partition coefficient (Wildman–Crippen LogP) is 1.99. The average Bonchev–Trinajstić information content (AvgIpc) is 3.15. The minimum atomic E-state index is -0.486. The number of aliphatic hydroxyl groups excluding tert-OH is 1. The van der Waals surface area contributed by atoms with Gasteiger partial charge < -0.3 is 14.7 Å². The summed E-state index contributed by atoms with van der Waals surface area (Å²) in [5, 5.41) is 14.7. The maximum absolute atomic E-state index is 13.0. The van der Waals surface area contributed by atoms with Gasteiger partial charge in [-0.05, 0) is 18.6 Å². The molecule has 2 aromatic rings. The highest BCUT2D eigenvalue weighted by atomic mass is 35.5. The lowest BCUT2D eigenvalue weighted by Crippen LogP contribution is -2.42. The lowest BCUT2D eigenvalue weighted by molar-refractivity contribution is 0.0439. The molecule has 6 nitrogen and oxygen atoms in total. The van der Waals surface area contributed by atoms with Crippen LogP contribution in [0.2, 0.25) is 5.02 Å². The van der Waals surface area contributed by atoms with E-state index in [-0.39, 0.29) is 24.1 Å². The van der Waals surface area contributed by atoms with Gasteiger partial charge in [0.2, 0.25) is 0 Å². The number of ether oxygens (including phenoxy) is 1. The van der Waals surface area contributed by atoms with Gasteiger partial charge >= 0.3 is 0 Å². The Morgan fingerprint density at radius 2 is 2.24 bits per heavy atom. The van der Waals surface area contributed by atoms with Gasteiger partial charge in [-0.2, -0.15) is 5.10 Å². The van der Waals surface area contributed by atoms with Crippen molar-refractivity contribution < 1.29 is 14.6 Å². The summed E-state index contributed by atoms with van der Waals surface area (Å²) in [5.41, 5.74) is 1.58. The molecule has 1 saturated heterocycles. The van der Waals surface area contributed by atoms with Gasteiger partial charge in [0.1, 0.15) is 5.75 Å². The van der Waals surface area contributed by atoms with Gasteiger partial charge in [-0.15, -0.1) is 0 Å². The van der Waals surface area contributed by atoms with Crippen LogP contribution in [0.1, 0.15) is 27.7 Å². The number of amides is 1. The van der Waals surface area contributed by atoms with Crippen molar-refractivity contribution >= 4 is 17.5 Å². The third-order valence-electron chi connectivity index (χ3n) is 5.52. The molecule has 0 unspecified atom stereocenters. The van der Waals surface area contributed by atoms with Gasteiger partial charge in [-0.1, -0.05) is 29.8 Å². The molecule has 2 aliphatic rings. The lowest BCUT2D eigenvalue weighted by atomic mass is 9.74. The number of aromatic nitrogens is 2. The number of likely N-dealkylation sites (tertiary alicyclic amines) is 1. The molecule has 0 bridgehead atoms. The van der Waals surface area contributed by atoms with Gasteiger partial charge in [0, 0.05) is 26.1 Å². The summed E-state index contributed by atoms with van der Waals surface area (Å²) in [7, 11) is 1.76. The van der Waals surface area contributed by atoms with Crippen LogP contribution in [-0.2, 0) is 7.05 Å². The monoisotopic (exact) mass is 361 g/mol. The molecule has 2 aliphatic heterocycles. The van der Waals surface area contributed by atoms with Crippen molar-refractivity contribution in [2.75, 3.05) is 26.3 Å². The van der Waals surface area contributed by atoms with Crippen LogP contribution < -0.4 is 4.74 Å². The van der Waals surface area contributed by atoms with Crippen LogP contribution in [0, 0.1) is 12.3 Å². The second-order valence-corrected chi connectivity index (χ2v) is 7.33. The molecule has 0 spiro atoms. The van der Waals surface area contributed by atoms with E-state index < -0.39 is 5.41 Å². The number of nitrogens with zero attached hydrogens (tertiary/aromatic N) is 3. The highest BCUT2D eigenvalue weighted by Gasteiger charge is 2.52. The van der Waals surface area contributed by atoms with Crippen molar-refractivity contribution in [2.24, 2.45) is 12.5 Å². The lowest BCUT2D eigenvalue weighted by Gasteiger charge is -2.37. The number of halogens is 1. The molecule has 1 aromatic carbocycles. The molecule has 132 valence electrons. The maximum Gasteiger partial charge on any atom is 0.275 e. The Kier molecular flexibility index (Phi) is 3.77. The molecule has 2 atom stereocenters. The SMILES string of the molecule is Cc1c(Cl)c(C(=O)N2C[C@@H]3c4ccccc4OC[C@]3(CO)C2)nn1C. The summed E-state index contributed by atoms with van der Waals surface area (Å²) in [5.74, 6) is 0.668. The van der Waals surface area contributed by atoms with Crippen molar-refractivity contribution in [3.05, 3.63) is 46.2 Å². The largest absolute Gasteiger partial charge is 0.493 e. The fourth-order valence-electron chi connectivity index (χ4n) is 3.89. The van der Waals surface area contributed by atoms with Crippen molar-refractivity contribution in [1.29, 1.82) is 0 Å². The van der Waals surface area contributed by atoms with E-state index in [0.29, 0.717) is 24.7 Å². The van der Waals surface area contributed by atoms with Crippen LogP contribution in [-0.4, -0.2) is 52.0 Å². The standard InChI is InChI=1S/C18H20ClN3O3/c1-11-15(19)16(20-21(11)2)17(24)22-7-13-12-5-3-4-6-14(12)25-10-18(13,8-22)9-23/h3-6,13,23H,7-10H2,1-2H3/t13-,18-/m1/s1. The van der Waals surface area contributed by atoms with Gasteiger partial charge in [0.25, 0.3) is 5.91 Å². The smallest absolute Gasteiger partial charge is 0.275 e. The number of fused-ring (bicyclic) bond motifs is 3. The van der Waals surface area contributed by atoms with E-state index >= 15 is 0 Å². The van der Waals surface area contributed by atoms with E-state index in [1.165, 1.54) is 0 Å². The summed E-state index contributed by atoms with van der Waals surface area (Å²) in [6.45, 7) is 3.13. The van der Waals surface area contributed by atoms with Crippen LogP contribution in [0.15, 0.2) is 24.3 Å². The van der Waals surface area contributed by atoms with Crippen LogP contribution in [0.4, 0.5) is 0 Å². The Morgan fingerprint density at radius 1 is 1.48 bits per heavy atom. The number of hydrogen-bond acceptors (Lipinski definition) is 4. The van der Waals surface area contributed by atoms with Gasteiger partial charge in [0.15, 0.2) is 5.69 Å². The van der Waals surface area contributed by atoms with E-state index in [1.807, 2.05) is 31.2 Å². The maximum atomic E-state index is 13.0. The normalized spacial score (nSPS) is 24.6. The van der Waals surface area contributed by atoms with Gasteiger partial charge in [-0.25, -0.2) is 0 Å².